The van der Waals surface area contributed by atoms with Crippen LogP contribution in [0.25, 0.3) is 0 Å². The van der Waals surface area contributed by atoms with E-state index in [4.69, 9.17) is 4.74 Å². The first-order valence-corrected chi connectivity index (χ1v) is 4.74. The van der Waals surface area contributed by atoms with Crippen molar-refractivity contribution < 1.29 is 9.84 Å². The maximum Gasteiger partial charge on any atom is 0.138 e. The molecule has 0 fully saturated rings. The molecule has 1 aromatic rings. The lowest BCUT2D eigenvalue weighted by atomic mass is 10.1. The average molecular weight is 199 g/mol. The number of aryl methyl sites for hydroxylation is 1. The van der Waals surface area contributed by atoms with Gasteiger partial charge in [-0.15, -0.1) is 0 Å². The third-order valence-electron chi connectivity index (χ3n) is 2.11. The number of hydrogen-bond donors (Lipinski definition) is 1. The van der Waals surface area contributed by atoms with Gasteiger partial charge in [0.05, 0.1) is 6.10 Å². The van der Waals surface area contributed by atoms with Gasteiger partial charge in [0.1, 0.15) is 12.2 Å². The molecule has 1 heterocycles. The molecule has 1 N–H and O–H groups in total. The van der Waals surface area contributed by atoms with Crippen LogP contribution in [0.1, 0.15) is 18.7 Å². The van der Waals surface area contributed by atoms with Gasteiger partial charge in [-0.3, -0.25) is 4.68 Å². The number of methoxy groups -OCH3 is 1. The first-order chi connectivity index (χ1) is 6.74. The van der Waals surface area contributed by atoms with Crippen molar-refractivity contribution in [2.75, 3.05) is 13.7 Å². The van der Waals surface area contributed by atoms with Crippen molar-refractivity contribution in [2.45, 2.75) is 25.4 Å². The lowest BCUT2D eigenvalue weighted by molar-refractivity contribution is 0.133. The van der Waals surface area contributed by atoms with Crippen LogP contribution in [0.2, 0.25) is 0 Å². The average Bonchev–Trinajstić information content (AvgIpc) is 2.52. The molecule has 0 radical (unpaired) electrons. The number of rotatable bonds is 6. The van der Waals surface area contributed by atoms with Gasteiger partial charge < -0.3 is 9.84 Å². The van der Waals surface area contributed by atoms with Gasteiger partial charge in [-0.05, 0) is 12.8 Å². The van der Waals surface area contributed by atoms with Crippen molar-refractivity contribution in [1.29, 1.82) is 0 Å². The van der Waals surface area contributed by atoms with Crippen molar-refractivity contribution in [1.82, 2.24) is 14.8 Å². The molecule has 0 saturated heterocycles. The Labute approximate surface area is 83.7 Å². The van der Waals surface area contributed by atoms with Crippen molar-refractivity contribution in [2.24, 2.45) is 7.05 Å². The number of aliphatic hydroxyl groups excluding tert-OH is 1. The summed E-state index contributed by atoms with van der Waals surface area (Å²) in [7, 11) is 3.49. The molecule has 5 nitrogen and oxygen atoms in total. The zero-order valence-electron chi connectivity index (χ0n) is 8.68. The van der Waals surface area contributed by atoms with E-state index in [1.165, 1.54) is 6.33 Å². The molecule has 1 aromatic heterocycles. The Morgan fingerprint density at radius 2 is 2.43 bits per heavy atom. The zero-order chi connectivity index (χ0) is 10.4. The quantitative estimate of drug-likeness (QED) is 0.662. The van der Waals surface area contributed by atoms with Crippen LogP contribution in [0.4, 0.5) is 0 Å². The van der Waals surface area contributed by atoms with Crippen molar-refractivity contribution in [3.63, 3.8) is 0 Å². The number of aromatic nitrogens is 3. The topological polar surface area (TPSA) is 60.2 Å². The molecular formula is C9H17N3O2. The van der Waals surface area contributed by atoms with Crippen molar-refractivity contribution in [3.05, 3.63) is 12.2 Å². The molecule has 14 heavy (non-hydrogen) atoms. The lowest BCUT2D eigenvalue weighted by Gasteiger charge is -2.08. The van der Waals surface area contributed by atoms with Gasteiger partial charge in [-0.1, -0.05) is 0 Å². The fraction of sp³-hybridized carbons (Fsp3) is 0.778. The highest BCUT2D eigenvalue weighted by molar-refractivity contribution is 4.86. The third kappa shape index (κ3) is 3.43. The summed E-state index contributed by atoms with van der Waals surface area (Å²) in [6, 6.07) is 0. The van der Waals surface area contributed by atoms with E-state index in [0.717, 1.165) is 18.7 Å². The van der Waals surface area contributed by atoms with E-state index in [0.29, 0.717) is 13.0 Å². The van der Waals surface area contributed by atoms with Crippen LogP contribution in [0, 0.1) is 0 Å². The molecule has 5 heteroatoms. The summed E-state index contributed by atoms with van der Waals surface area (Å²) in [4.78, 5) is 4.04. The van der Waals surface area contributed by atoms with Crippen molar-refractivity contribution >= 4 is 0 Å². The number of aliphatic hydroxyl groups is 1. The van der Waals surface area contributed by atoms with Gasteiger partial charge in [0.2, 0.25) is 0 Å². The molecule has 0 bridgehead atoms. The van der Waals surface area contributed by atoms with Crippen LogP contribution >= 0.6 is 0 Å². The first-order valence-electron chi connectivity index (χ1n) is 4.74. The molecule has 0 amide bonds. The van der Waals surface area contributed by atoms with E-state index in [-0.39, 0.29) is 6.10 Å². The van der Waals surface area contributed by atoms with E-state index in [1.807, 2.05) is 7.05 Å². The Morgan fingerprint density at radius 1 is 1.64 bits per heavy atom. The monoisotopic (exact) mass is 199 g/mol. The molecule has 0 aliphatic rings. The minimum atomic E-state index is -0.354. The number of ether oxygens (including phenoxy) is 1. The molecule has 0 aliphatic heterocycles. The molecule has 0 saturated carbocycles. The molecule has 1 unspecified atom stereocenters. The predicted octanol–water partition coefficient (Wildman–Crippen LogP) is 0.145. The minimum Gasteiger partial charge on any atom is -0.393 e. The smallest absolute Gasteiger partial charge is 0.138 e. The summed E-state index contributed by atoms with van der Waals surface area (Å²) in [6.45, 7) is 0.690. The predicted molar refractivity (Wildman–Crippen MR) is 51.8 cm³/mol. The Kier molecular flexibility index (Phi) is 4.55. The lowest BCUT2D eigenvalue weighted by Crippen LogP contribution is -2.14. The van der Waals surface area contributed by atoms with Gasteiger partial charge in [0.25, 0.3) is 0 Å². The normalized spacial score (nSPS) is 13.1. The largest absolute Gasteiger partial charge is 0.393 e. The molecule has 80 valence electrons. The van der Waals surface area contributed by atoms with Crippen LogP contribution < -0.4 is 0 Å². The highest BCUT2D eigenvalue weighted by Gasteiger charge is 2.08. The minimum absolute atomic E-state index is 0.354. The second-order valence-corrected chi connectivity index (χ2v) is 3.29. The zero-order valence-corrected chi connectivity index (χ0v) is 8.68. The highest BCUT2D eigenvalue weighted by atomic mass is 16.5. The van der Waals surface area contributed by atoms with Crippen LogP contribution in [-0.2, 0) is 18.2 Å². The van der Waals surface area contributed by atoms with E-state index < -0.39 is 0 Å². The maximum atomic E-state index is 9.64. The Morgan fingerprint density at radius 3 is 3.00 bits per heavy atom. The number of nitrogens with zero attached hydrogens (tertiary/aromatic N) is 3. The van der Waals surface area contributed by atoms with E-state index >= 15 is 0 Å². The Balaban J connectivity index is 2.27. The summed E-state index contributed by atoms with van der Waals surface area (Å²) in [5, 5.41) is 13.6. The SMILES string of the molecule is COCCCC(O)Cc1ncnn1C. The van der Waals surface area contributed by atoms with E-state index in [9.17, 15) is 5.11 Å². The fourth-order valence-electron chi connectivity index (χ4n) is 1.28. The molecular weight excluding hydrogens is 182 g/mol. The van der Waals surface area contributed by atoms with Gasteiger partial charge in [-0.2, -0.15) is 5.10 Å². The fourth-order valence-corrected chi connectivity index (χ4v) is 1.28. The highest BCUT2D eigenvalue weighted by Crippen LogP contribution is 2.04. The standard InChI is InChI=1S/C9H17N3O2/c1-12-9(10-7-11-12)6-8(13)4-3-5-14-2/h7-8,13H,3-6H2,1-2H3. The second-order valence-electron chi connectivity index (χ2n) is 3.29. The van der Waals surface area contributed by atoms with Crippen LogP contribution in [0.5, 0.6) is 0 Å². The van der Waals surface area contributed by atoms with Crippen molar-refractivity contribution in [3.8, 4) is 0 Å². The first kappa shape index (κ1) is 11.1. The Hall–Kier alpha value is -0.940. The van der Waals surface area contributed by atoms with Gasteiger partial charge in [0, 0.05) is 27.2 Å². The van der Waals surface area contributed by atoms with Gasteiger partial charge in [-0.25, -0.2) is 4.98 Å². The van der Waals surface area contributed by atoms with Crippen LogP contribution in [0.3, 0.4) is 0 Å². The van der Waals surface area contributed by atoms with Gasteiger partial charge >= 0.3 is 0 Å². The van der Waals surface area contributed by atoms with E-state index in [1.54, 1.807) is 11.8 Å². The second kappa shape index (κ2) is 5.72. The molecule has 0 spiro atoms. The molecule has 1 rings (SSSR count). The van der Waals surface area contributed by atoms with E-state index in [2.05, 4.69) is 10.1 Å². The van der Waals surface area contributed by atoms with Gasteiger partial charge in [0.15, 0.2) is 0 Å². The molecule has 1 atom stereocenters. The summed E-state index contributed by atoms with van der Waals surface area (Å²) in [5.74, 6) is 0.815. The Bertz CT molecular complexity index is 262. The third-order valence-corrected chi connectivity index (χ3v) is 2.11. The summed E-state index contributed by atoms with van der Waals surface area (Å²) < 4.78 is 6.59. The summed E-state index contributed by atoms with van der Waals surface area (Å²) in [6.07, 6.45) is 3.31. The summed E-state index contributed by atoms with van der Waals surface area (Å²) in [5.41, 5.74) is 0. The molecule has 0 aliphatic carbocycles. The number of hydrogen-bond acceptors (Lipinski definition) is 4. The van der Waals surface area contributed by atoms with Crippen LogP contribution in [-0.4, -0.2) is 39.7 Å². The van der Waals surface area contributed by atoms with Crippen LogP contribution in [0.15, 0.2) is 6.33 Å². The maximum absolute atomic E-state index is 9.64. The molecule has 0 aromatic carbocycles. The summed E-state index contributed by atoms with van der Waals surface area (Å²) >= 11 is 0.